The van der Waals surface area contributed by atoms with E-state index in [9.17, 15) is 14.3 Å². The molecular formula is C18H18FN3O2. The van der Waals surface area contributed by atoms with Gasteiger partial charge in [-0.05, 0) is 23.6 Å². The van der Waals surface area contributed by atoms with Gasteiger partial charge in [-0.2, -0.15) is 0 Å². The van der Waals surface area contributed by atoms with Crippen LogP contribution in [-0.4, -0.2) is 33.6 Å². The van der Waals surface area contributed by atoms with E-state index in [1.165, 1.54) is 18.3 Å². The molecule has 1 heterocycles. The maximum absolute atomic E-state index is 13.0. The van der Waals surface area contributed by atoms with E-state index in [4.69, 9.17) is 0 Å². The predicted octanol–water partition coefficient (Wildman–Crippen LogP) is 3.12. The van der Waals surface area contributed by atoms with E-state index in [-0.39, 0.29) is 35.3 Å². The summed E-state index contributed by atoms with van der Waals surface area (Å²) in [5.74, 6) is -0.532. The first kappa shape index (κ1) is 16.1. The summed E-state index contributed by atoms with van der Waals surface area (Å²) in [5.41, 5.74) is 2.10. The Hall–Kier alpha value is -2.76. The van der Waals surface area contributed by atoms with Gasteiger partial charge in [-0.1, -0.05) is 12.1 Å². The summed E-state index contributed by atoms with van der Waals surface area (Å²) >= 11 is 0. The third kappa shape index (κ3) is 3.76. The summed E-state index contributed by atoms with van der Waals surface area (Å²) in [6, 6.07) is 6.05. The van der Waals surface area contributed by atoms with Gasteiger partial charge in [-0.3, -0.25) is 9.79 Å². The smallest absolute Gasteiger partial charge is 0.168 e. The van der Waals surface area contributed by atoms with Crippen LogP contribution in [0.15, 0.2) is 53.1 Å². The number of aliphatic hydroxyl groups excluding tert-OH is 1. The van der Waals surface area contributed by atoms with Gasteiger partial charge in [0.1, 0.15) is 11.6 Å². The fraction of sp³-hybridized carbons (Fsp3) is 0.278. The molecule has 0 aliphatic heterocycles. The average molecular weight is 327 g/mol. The van der Waals surface area contributed by atoms with E-state index in [1.54, 1.807) is 24.7 Å². The third-order valence-corrected chi connectivity index (χ3v) is 4.11. The minimum absolute atomic E-state index is 0.0471. The fourth-order valence-electron chi connectivity index (χ4n) is 2.79. The van der Waals surface area contributed by atoms with Crippen LogP contribution in [0.25, 0.3) is 0 Å². The topological polar surface area (TPSA) is 78.3 Å². The molecule has 2 aromatic rings. The van der Waals surface area contributed by atoms with Gasteiger partial charge in [0, 0.05) is 43.9 Å². The largest absolute Gasteiger partial charge is 0.511 e. The van der Waals surface area contributed by atoms with E-state index in [0.717, 1.165) is 11.3 Å². The Labute approximate surface area is 139 Å². The molecule has 1 aromatic carbocycles. The predicted molar refractivity (Wildman–Crippen MR) is 88.7 cm³/mol. The number of aromatic nitrogens is 2. The highest BCUT2D eigenvalue weighted by atomic mass is 19.1. The molecular weight excluding hydrogens is 309 g/mol. The SMILES string of the molecule is O=C1C[C@H](c2ccc(F)cc2)CC(O)=C1C=NCCc1cnc[nH]1. The number of Topliss-reactive ketones (excluding diaryl/α,β-unsaturated/α-hetero) is 1. The highest BCUT2D eigenvalue weighted by Gasteiger charge is 2.27. The first-order valence-electron chi connectivity index (χ1n) is 7.81. The van der Waals surface area contributed by atoms with Crippen molar-refractivity contribution >= 4 is 12.0 Å². The second kappa shape index (κ2) is 7.21. The van der Waals surface area contributed by atoms with Crippen molar-refractivity contribution < 1.29 is 14.3 Å². The Bertz CT molecular complexity index is 764. The van der Waals surface area contributed by atoms with Crippen LogP contribution < -0.4 is 0 Å². The average Bonchev–Trinajstić information content (AvgIpc) is 3.07. The maximum atomic E-state index is 13.0. The van der Waals surface area contributed by atoms with Crippen LogP contribution in [0.4, 0.5) is 4.39 Å². The van der Waals surface area contributed by atoms with Crippen molar-refractivity contribution in [2.24, 2.45) is 4.99 Å². The summed E-state index contributed by atoms with van der Waals surface area (Å²) in [4.78, 5) is 23.4. The first-order chi connectivity index (χ1) is 11.6. The lowest BCUT2D eigenvalue weighted by Gasteiger charge is -2.22. The standard InChI is InChI=1S/C18H18FN3O2/c19-14-3-1-12(2-4-14)13-7-17(23)16(18(24)8-13)10-20-6-5-15-9-21-11-22-15/h1-4,9-11,13,23H,5-8H2,(H,21,22)/t13-/m1/s1. The van der Waals surface area contributed by atoms with E-state index in [0.29, 0.717) is 19.4 Å². The van der Waals surface area contributed by atoms with Crippen LogP contribution in [0, 0.1) is 5.82 Å². The van der Waals surface area contributed by atoms with Crippen LogP contribution in [0.5, 0.6) is 0 Å². The van der Waals surface area contributed by atoms with Crippen LogP contribution in [0.2, 0.25) is 0 Å². The quantitative estimate of drug-likeness (QED) is 0.828. The number of carbonyl (C=O) groups excluding carboxylic acids is 1. The fourth-order valence-corrected chi connectivity index (χ4v) is 2.79. The molecule has 1 aliphatic rings. The van der Waals surface area contributed by atoms with Gasteiger partial charge in [-0.25, -0.2) is 9.37 Å². The maximum Gasteiger partial charge on any atom is 0.168 e. The number of nitrogens with one attached hydrogen (secondary N) is 1. The zero-order chi connectivity index (χ0) is 16.9. The molecule has 0 saturated heterocycles. The van der Waals surface area contributed by atoms with Crippen LogP contribution >= 0.6 is 0 Å². The molecule has 0 saturated carbocycles. The number of aromatic amines is 1. The zero-order valence-corrected chi connectivity index (χ0v) is 13.1. The van der Waals surface area contributed by atoms with Crippen molar-refractivity contribution in [1.29, 1.82) is 0 Å². The van der Waals surface area contributed by atoms with Crippen LogP contribution in [0.1, 0.15) is 30.0 Å². The molecule has 0 radical (unpaired) electrons. The number of hydrogen-bond donors (Lipinski definition) is 2. The van der Waals surface area contributed by atoms with Gasteiger partial charge in [0.15, 0.2) is 5.78 Å². The van der Waals surface area contributed by atoms with Crippen molar-refractivity contribution in [3.05, 3.63) is 65.2 Å². The third-order valence-electron chi connectivity index (χ3n) is 4.11. The van der Waals surface area contributed by atoms with Crippen molar-refractivity contribution in [3.8, 4) is 0 Å². The van der Waals surface area contributed by atoms with Crippen molar-refractivity contribution in [2.75, 3.05) is 6.54 Å². The molecule has 0 unspecified atom stereocenters. The number of hydrogen-bond acceptors (Lipinski definition) is 4. The molecule has 1 aliphatic carbocycles. The molecule has 0 fully saturated rings. The Morgan fingerprint density at radius 2 is 2.12 bits per heavy atom. The second-order valence-electron chi connectivity index (χ2n) is 5.80. The zero-order valence-electron chi connectivity index (χ0n) is 13.1. The summed E-state index contributed by atoms with van der Waals surface area (Å²) < 4.78 is 13.0. The Kier molecular flexibility index (Phi) is 4.84. The summed E-state index contributed by atoms with van der Waals surface area (Å²) in [7, 11) is 0. The van der Waals surface area contributed by atoms with Crippen molar-refractivity contribution in [1.82, 2.24) is 9.97 Å². The number of rotatable bonds is 5. The minimum atomic E-state index is -0.314. The van der Waals surface area contributed by atoms with Gasteiger partial charge >= 0.3 is 0 Å². The number of nitrogens with zero attached hydrogens (tertiary/aromatic N) is 2. The summed E-state index contributed by atoms with van der Waals surface area (Å²) in [6.07, 6.45) is 6.13. The van der Waals surface area contributed by atoms with Gasteiger partial charge in [-0.15, -0.1) is 0 Å². The van der Waals surface area contributed by atoms with E-state index >= 15 is 0 Å². The molecule has 0 amide bonds. The van der Waals surface area contributed by atoms with Crippen molar-refractivity contribution in [2.45, 2.75) is 25.2 Å². The molecule has 124 valence electrons. The molecule has 6 heteroatoms. The summed E-state index contributed by atoms with van der Waals surface area (Å²) in [6.45, 7) is 0.508. The van der Waals surface area contributed by atoms with Crippen LogP contribution in [-0.2, 0) is 11.2 Å². The number of allylic oxidation sites excluding steroid dienone is 2. The summed E-state index contributed by atoms with van der Waals surface area (Å²) in [5, 5.41) is 10.2. The molecule has 2 N–H and O–H groups in total. The first-order valence-corrected chi connectivity index (χ1v) is 7.81. The van der Waals surface area contributed by atoms with Gasteiger partial charge in [0.05, 0.1) is 11.9 Å². The molecule has 5 nitrogen and oxygen atoms in total. The van der Waals surface area contributed by atoms with Gasteiger partial charge < -0.3 is 10.1 Å². The normalized spacial score (nSPS) is 18.5. The highest BCUT2D eigenvalue weighted by molar-refractivity contribution is 6.14. The minimum Gasteiger partial charge on any atom is -0.511 e. The van der Waals surface area contributed by atoms with E-state index < -0.39 is 0 Å². The lowest BCUT2D eigenvalue weighted by Crippen LogP contribution is -2.19. The Balaban J connectivity index is 1.64. The number of aliphatic imine (C=N–C) groups is 1. The number of benzene rings is 1. The molecule has 1 atom stereocenters. The van der Waals surface area contributed by atoms with Gasteiger partial charge in [0.25, 0.3) is 0 Å². The number of halogens is 1. The highest BCUT2D eigenvalue weighted by Crippen LogP contribution is 2.33. The molecule has 0 spiro atoms. The molecule has 3 rings (SSSR count). The molecule has 24 heavy (non-hydrogen) atoms. The lowest BCUT2D eigenvalue weighted by atomic mass is 9.83. The molecule has 1 aromatic heterocycles. The number of H-pyrrole nitrogens is 1. The number of ketones is 1. The Morgan fingerprint density at radius 1 is 1.33 bits per heavy atom. The van der Waals surface area contributed by atoms with E-state index in [2.05, 4.69) is 15.0 Å². The van der Waals surface area contributed by atoms with Gasteiger partial charge in [0.2, 0.25) is 0 Å². The number of aliphatic hydroxyl groups is 1. The number of carbonyl (C=O) groups is 1. The second-order valence-corrected chi connectivity index (χ2v) is 5.80. The van der Waals surface area contributed by atoms with Crippen molar-refractivity contribution in [3.63, 3.8) is 0 Å². The molecule has 0 bridgehead atoms. The number of imidazole rings is 1. The monoisotopic (exact) mass is 327 g/mol. The van der Waals surface area contributed by atoms with Crippen LogP contribution in [0.3, 0.4) is 0 Å². The lowest BCUT2D eigenvalue weighted by molar-refractivity contribution is -0.116. The van der Waals surface area contributed by atoms with E-state index in [1.807, 2.05) is 0 Å². The Morgan fingerprint density at radius 3 is 2.79 bits per heavy atom.